The second-order valence-electron chi connectivity index (χ2n) is 5.05. The van der Waals surface area contributed by atoms with Crippen molar-refractivity contribution >= 4 is 0 Å². The van der Waals surface area contributed by atoms with Crippen molar-refractivity contribution in [2.45, 2.75) is 32.0 Å². The van der Waals surface area contributed by atoms with Crippen LogP contribution >= 0.6 is 0 Å². The number of likely N-dealkylation sites (N-methyl/N-ethyl adjacent to an activating group) is 2. The van der Waals surface area contributed by atoms with Crippen LogP contribution in [0.5, 0.6) is 0 Å². The highest BCUT2D eigenvalue weighted by molar-refractivity contribution is 5.16. The van der Waals surface area contributed by atoms with Crippen LogP contribution in [0.25, 0.3) is 0 Å². The van der Waals surface area contributed by atoms with Crippen LogP contribution in [0.15, 0.2) is 16.7 Å². The van der Waals surface area contributed by atoms with Gasteiger partial charge in [-0.15, -0.1) is 0 Å². The van der Waals surface area contributed by atoms with Gasteiger partial charge in [0.15, 0.2) is 0 Å². The zero-order valence-corrected chi connectivity index (χ0v) is 10.9. The van der Waals surface area contributed by atoms with E-state index < -0.39 is 0 Å². The zero-order chi connectivity index (χ0) is 12.3. The Labute approximate surface area is 103 Å². The summed E-state index contributed by atoms with van der Waals surface area (Å²) in [5.41, 5.74) is 6.79. The topological polar surface area (TPSA) is 45.6 Å². The molecule has 1 atom stereocenters. The molecular formula is C13H23N3O. The standard InChI is InChI=1S/C13H23N3O/c1-15(9-12-4-3-6-16(12)2)10-13-11(8-14)5-7-17-13/h5,7,12H,3-4,6,8-10,14H2,1-2H3. The summed E-state index contributed by atoms with van der Waals surface area (Å²) in [6, 6.07) is 2.65. The van der Waals surface area contributed by atoms with Crippen LogP contribution in [0.4, 0.5) is 0 Å². The molecule has 0 radical (unpaired) electrons. The van der Waals surface area contributed by atoms with E-state index in [0.29, 0.717) is 12.6 Å². The Morgan fingerprint density at radius 3 is 3.06 bits per heavy atom. The predicted octanol–water partition coefficient (Wildman–Crippen LogP) is 1.26. The summed E-state index contributed by atoms with van der Waals surface area (Å²) in [6.45, 7) is 3.74. The molecule has 1 saturated heterocycles. The monoisotopic (exact) mass is 237 g/mol. The Kier molecular flexibility index (Phi) is 4.20. The third-order valence-corrected chi connectivity index (χ3v) is 3.67. The number of nitrogens with zero attached hydrogens (tertiary/aromatic N) is 2. The molecule has 0 bridgehead atoms. The van der Waals surface area contributed by atoms with Gasteiger partial charge >= 0.3 is 0 Å². The van der Waals surface area contributed by atoms with Crippen LogP contribution in [0.1, 0.15) is 24.2 Å². The molecule has 0 spiro atoms. The van der Waals surface area contributed by atoms with Crippen molar-refractivity contribution in [2.75, 3.05) is 27.2 Å². The van der Waals surface area contributed by atoms with Gasteiger partial charge < -0.3 is 15.1 Å². The molecule has 0 aliphatic carbocycles. The SMILES string of the molecule is CN(Cc1occc1CN)CC1CCCN1C. The fourth-order valence-electron chi connectivity index (χ4n) is 2.57. The summed E-state index contributed by atoms with van der Waals surface area (Å²) in [5, 5.41) is 0. The van der Waals surface area contributed by atoms with Crippen LogP contribution in [0.3, 0.4) is 0 Å². The molecule has 96 valence electrons. The van der Waals surface area contributed by atoms with Crippen molar-refractivity contribution in [1.29, 1.82) is 0 Å². The molecule has 1 unspecified atom stereocenters. The lowest BCUT2D eigenvalue weighted by molar-refractivity contribution is 0.205. The van der Waals surface area contributed by atoms with Gasteiger partial charge in [0.25, 0.3) is 0 Å². The van der Waals surface area contributed by atoms with Gasteiger partial charge in [0.1, 0.15) is 5.76 Å². The highest BCUT2D eigenvalue weighted by atomic mass is 16.3. The maximum Gasteiger partial charge on any atom is 0.122 e. The minimum atomic E-state index is 0.559. The molecule has 0 aromatic carbocycles. The van der Waals surface area contributed by atoms with Crippen molar-refractivity contribution in [3.8, 4) is 0 Å². The van der Waals surface area contributed by atoms with Crippen molar-refractivity contribution < 1.29 is 4.42 Å². The molecule has 1 aromatic rings. The van der Waals surface area contributed by atoms with E-state index in [0.717, 1.165) is 24.4 Å². The summed E-state index contributed by atoms with van der Waals surface area (Å²) in [4.78, 5) is 4.77. The first kappa shape index (κ1) is 12.6. The third kappa shape index (κ3) is 3.09. The molecule has 1 fully saturated rings. The smallest absolute Gasteiger partial charge is 0.122 e. The van der Waals surface area contributed by atoms with Crippen LogP contribution in [-0.2, 0) is 13.1 Å². The second kappa shape index (κ2) is 5.67. The maximum absolute atomic E-state index is 5.67. The number of hydrogen-bond acceptors (Lipinski definition) is 4. The molecule has 0 saturated carbocycles. The van der Waals surface area contributed by atoms with Gasteiger partial charge in [-0.3, -0.25) is 4.90 Å². The summed E-state index contributed by atoms with van der Waals surface area (Å²) >= 11 is 0. The van der Waals surface area contributed by atoms with E-state index in [4.69, 9.17) is 10.2 Å². The second-order valence-corrected chi connectivity index (χ2v) is 5.05. The average Bonchev–Trinajstić information content (AvgIpc) is 2.89. The number of nitrogens with two attached hydrogens (primary N) is 1. The van der Waals surface area contributed by atoms with Crippen LogP contribution in [-0.4, -0.2) is 43.0 Å². The molecular weight excluding hydrogens is 214 g/mol. The number of hydrogen-bond donors (Lipinski definition) is 1. The first-order valence-electron chi connectivity index (χ1n) is 6.34. The van der Waals surface area contributed by atoms with Gasteiger partial charge in [0.2, 0.25) is 0 Å². The largest absolute Gasteiger partial charge is 0.468 e. The first-order valence-corrected chi connectivity index (χ1v) is 6.34. The quantitative estimate of drug-likeness (QED) is 0.837. The lowest BCUT2D eigenvalue weighted by atomic mass is 10.2. The highest BCUT2D eigenvalue weighted by Gasteiger charge is 2.22. The normalized spacial score (nSPS) is 21.5. The van der Waals surface area contributed by atoms with E-state index in [1.165, 1.54) is 19.4 Å². The summed E-state index contributed by atoms with van der Waals surface area (Å²) in [6.07, 6.45) is 4.36. The molecule has 4 heteroatoms. The van der Waals surface area contributed by atoms with Gasteiger partial charge in [-0.1, -0.05) is 0 Å². The molecule has 4 nitrogen and oxygen atoms in total. The van der Waals surface area contributed by atoms with E-state index in [9.17, 15) is 0 Å². The van der Waals surface area contributed by atoms with Gasteiger partial charge in [-0.2, -0.15) is 0 Å². The molecule has 0 amide bonds. The average molecular weight is 237 g/mol. The molecule has 17 heavy (non-hydrogen) atoms. The van der Waals surface area contributed by atoms with E-state index >= 15 is 0 Å². The Morgan fingerprint density at radius 2 is 2.41 bits per heavy atom. The molecule has 2 rings (SSSR count). The van der Waals surface area contributed by atoms with Crippen molar-refractivity contribution in [2.24, 2.45) is 5.73 Å². The fraction of sp³-hybridized carbons (Fsp3) is 0.692. The summed E-state index contributed by atoms with van der Waals surface area (Å²) in [7, 11) is 4.36. The zero-order valence-electron chi connectivity index (χ0n) is 10.9. The lowest BCUT2D eigenvalue weighted by Crippen LogP contribution is -2.36. The molecule has 1 aromatic heterocycles. The van der Waals surface area contributed by atoms with E-state index in [2.05, 4.69) is 23.9 Å². The fourth-order valence-corrected chi connectivity index (χ4v) is 2.57. The molecule has 2 N–H and O–H groups in total. The van der Waals surface area contributed by atoms with Gasteiger partial charge in [0.05, 0.1) is 12.8 Å². The minimum Gasteiger partial charge on any atom is -0.468 e. The first-order chi connectivity index (χ1) is 8.20. The summed E-state index contributed by atoms with van der Waals surface area (Å²) < 4.78 is 5.48. The lowest BCUT2D eigenvalue weighted by Gasteiger charge is -2.25. The van der Waals surface area contributed by atoms with Gasteiger partial charge in [-0.25, -0.2) is 0 Å². The Hall–Kier alpha value is -0.840. The maximum atomic E-state index is 5.67. The summed E-state index contributed by atoms with van der Waals surface area (Å²) in [5.74, 6) is 1.01. The van der Waals surface area contributed by atoms with Crippen LogP contribution in [0, 0.1) is 0 Å². The minimum absolute atomic E-state index is 0.559. The Balaban J connectivity index is 1.86. The van der Waals surface area contributed by atoms with Gasteiger partial charge in [-0.05, 0) is 39.5 Å². The van der Waals surface area contributed by atoms with Crippen molar-refractivity contribution in [1.82, 2.24) is 9.80 Å². The molecule has 2 heterocycles. The van der Waals surface area contributed by atoms with Gasteiger partial charge in [0, 0.05) is 24.7 Å². The van der Waals surface area contributed by atoms with E-state index in [1.807, 2.05) is 6.07 Å². The highest BCUT2D eigenvalue weighted by Crippen LogP contribution is 2.17. The third-order valence-electron chi connectivity index (χ3n) is 3.67. The van der Waals surface area contributed by atoms with Crippen molar-refractivity contribution in [3.05, 3.63) is 23.7 Å². The number of furan rings is 1. The molecule has 1 aliphatic heterocycles. The van der Waals surface area contributed by atoms with Crippen LogP contribution < -0.4 is 5.73 Å². The number of likely N-dealkylation sites (tertiary alicyclic amines) is 1. The van der Waals surface area contributed by atoms with Crippen molar-refractivity contribution in [3.63, 3.8) is 0 Å². The number of rotatable bonds is 5. The Bertz CT molecular complexity index is 350. The molecule has 1 aliphatic rings. The predicted molar refractivity (Wildman–Crippen MR) is 68.6 cm³/mol. The Morgan fingerprint density at radius 1 is 1.59 bits per heavy atom. The van der Waals surface area contributed by atoms with E-state index in [1.54, 1.807) is 6.26 Å². The van der Waals surface area contributed by atoms with Crippen LogP contribution in [0.2, 0.25) is 0 Å². The van der Waals surface area contributed by atoms with E-state index in [-0.39, 0.29) is 0 Å².